The van der Waals surface area contributed by atoms with E-state index in [9.17, 15) is 19.2 Å². The molecule has 1 saturated heterocycles. The molecule has 1 aromatic rings. The third kappa shape index (κ3) is 5.89. The smallest absolute Gasteiger partial charge is 0.341 e. The zero-order valence-corrected chi connectivity index (χ0v) is 19.4. The van der Waals surface area contributed by atoms with Crippen molar-refractivity contribution >= 4 is 29.4 Å². The normalized spacial score (nSPS) is 14.6. The van der Waals surface area contributed by atoms with Gasteiger partial charge in [-0.2, -0.15) is 0 Å². The van der Waals surface area contributed by atoms with Gasteiger partial charge in [0.1, 0.15) is 0 Å². The van der Waals surface area contributed by atoms with E-state index < -0.39 is 12.1 Å². The van der Waals surface area contributed by atoms with E-state index in [0.29, 0.717) is 31.9 Å². The van der Waals surface area contributed by atoms with Crippen LogP contribution in [0.2, 0.25) is 0 Å². The number of piperazine rings is 1. The van der Waals surface area contributed by atoms with Crippen molar-refractivity contribution in [2.24, 2.45) is 5.92 Å². The van der Waals surface area contributed by atoms with Crippen molar-refractivity contribution in [2.45, 2.75) is 33.8 Å². The molecule has 1 atom stereocenters. The number of benzene rings is 1. The minimum atomic E-state index is -1.05. The van der Waals surface area contributed by atoms with Gasteiger partial charge in [0.2, 0.25) is 11.8 Å². The van der Waals surface area contributed by atoms with Gasteiger partial charge >= 0.3 is 5.97 Å². The molecule has 1 N–H and O–H groups in total. The Morgan fingerprint density at radius 1 is 0.906 bits per heavy atom. The molecule has 0 aliphatic carbocycles. The number of methoxy groups -OCH3 is 2. The van der Waals surface area contributed by atoms with Crippen LogP contribution >= 0.6 is 0 Å². The van der Waals surface area contributed by atoms with Crippen LogP contribution in [0.1, 0.15) is 38.1 Å². The Labute approximate surface area is 187 Å². The molecule has 1 aromatic carbocycles. The lowest BCUT2D eigenvalue weighted by atomic mass is 10.1. The van der Waals surface area contributed by atoms with Gasteiger partial charge in [-0.1, -0.05) is 13.8 Å². The Hall–Kier alpha value is -3.30. The van der Waals surface area contributed by atoms with Crippen molar-refractivity contribution in [3.63, 3.8) is 0 Å². The molecule has 0 radical (unpaired) electrons. The first kappa shape index (κ1) is 25.0. The second-order valence-electron chi connectivity index (χ2n) is 7.78. The number of esters is 1. The van der Waals surface area contributed by atoms with E-state index in [1.807, 2.05) is 0 Å². The Morgan fingerprint density at radius 3 is 1.94 bits per heavy atom. The highest BCUT2D eigenvalue weighted by molar-refractivity contribution is 6.03. The maximum absolute atomic E-state index is 12.9. The lowest BCUT2D eigenvalue weighted by molar-refractivity contribution is -0.144. The Balaban J connectivity index is 2.19. The minimum absolute atomic E-state index is 0.0395. The topological polar surface area (TPSA) is 114 Å². The number of hydrogen-bond acceptors (Lipinski definition) is 7. The van der Waals surface area contributed by atoms with E-state index in [2.05, 4.69) is 5.32 Å². The van der Waals surface area contributed by atoms with Crippen LogP contribution in [0.3, 0.4) is 0 Å². The first-order valence-corrected chi connectivity index (χ1v) is 10.4. The predicted molar refractivity (Wildman–Crippen MR) is 117 cm³/mol. The molecule has 3 amide bonds. The highest BCUT2D eigenvalue weighted by atomic mass is 16.5. The number of amides is 3. The molecular weight excluding hydrogens is 418 g/mol. The number of nitrogens with one attached hydrogen (secondary N) is 1. The van der Waals surface area contributed by atoms with E-state index in [0.717, 1.165) is 0 Å². The van der Waals surface area contributed by atoms with E-state index in [1.165, 1.54) is 40.2 Å². The third-order valence-electron chi connectivity index (χ3n) is 5.19. The van der Waals surface area contributed by atoms with Gasteiger partial charge in [-0.3, -0.25) is 14.4 Å². The molecule has 10 nitrogen and oxygen atoms in total. The summed E-state index contributed by atoms with van der Waals surface area (Å²) in [5.74, 6) is -1.18. The number of hydrogen-bond donors (Lipinski definition) is 1. The highest BCUT2D eigenvalue weighted by Gasteiger charge is 2.29. The summed E-state index contributed by atoms with van der Waals surface area (Å²) in [4.78, 5) is 52.6. The maximum atomic E-state index is 12.9. The van der Waals surface area contributed by atoms with Crippen LogP contribution in [0.4, 0.5) is 5.69 Å². The molecule has 1 aliphatic rings. The minimum Gasteiger partial charge on any atom is -0.493 e. The van der Waals surface area contributed by atoms with E-state index in [-0.39, 0.29) is 40.6 Å². The fraction of sp³-hybridized carbons (Fsp3) is 0.545. The maximum Gasteiger partial charge on any atom is 0.341 e. The molecule has 10 heteroatoms. The number of anilines is 1. The van der Waals surface area contributed by atoms with Gasteiger partial charge in [0, 0.05) is 51.2 Å². The Kier molecular flexibility index (Phi) is 8.45. The molecule has 0 bridgehead atoms. The lowest BCUT2D eigenvalue weighted by Crippen LogP contribution is -2.52. The van der Waals surface area contributed by atoms with Gasteiger partial charge in [-0.25, -0.2) is 4.79 Å². The number of rotatable bonds is 7. The number of carbonyl (C=O) groups is 4. The molecule has 0 spiro atoms. The monoisotopic (exact) mass is 449 g/mol. The van der Waals surface area contributed by atoms with Gasteiger partial charge in [0.15, 0.2) is 17.6 Å². The summed E-state index contributed by atoms with van der Waals surface area (Å²) in [5.41, 5.74) is 0.235. The van der Waals surface area contributed by atoms with E-state index in [4.69, 9.17) is 14.2 Å². The first-order chi connectivity index (χ1) is 15.1. The number of carbonyl (C=O) groups excluding carboxylic acids is 4. The average Bonchev–Trinajstić information content (AvgIpc) is 2.77. The molecule has 176 valence electrons. The predicted octanol–water partition coefficient (Wildman–Crippen LogP) is 1.53. The fourth-order valence-electron chi connectivity index (χ4n) is 3.20. The quantitative estimate of drug-likeness (QED) is 0.628. The zero-order valence-electron chi connectivity index (χ0n) is 19.4. The number of nitrogens with zero attached hydrogens (tertiary/aromatic N) is 2. The second kappa shape index (κ2) is 10.8. The van der Waals surface area contributed by atoms with Crippen molar-refractivity contribution in [1.82, 2.24) is 9.80 Å². The highest BCUT2D eigenvalue weighted by Crippen LogP contribution is 2.34. The van der Waals surface area contributed by atoms with Crippen LogP contribution in [0.5, 0.6) is 11.5 Å². The molecule has 1 heterocycles. The molecular formula is C22H31N3O7. The van der Waals surface area contributed by atoms with E-state index >= 15 is 0 Å². The summed E-state index contributed by atoms with van der Waals surface area (Å²) in [7, 11) is 2.86. The van der Waals surface area contributed by atoms with Gasteiger partial charge in [0.25, 0.3) is 5.91 Å². The lowest BCUT2D eigenvalue weighted by Gasteiger charge is -2.35. The Bertz CT molecular complexity index is 877. The van der Waals surface area contributed by atoms with Crippen LogP contribution in [0.15, 0.2) is 12.1 Å². The standard InChI is InChI=1S/C22H31N3O7/c1-13(2)20(27)23-17-12-19(31-6)18(30-5)11-16(17)22(29)32-14(3)21(28)25-9-7-24(8-10-25)15(4)26/h11-14H,7-10H2,1-6H3,(H,23,27). The van der Waals surface area contributed by atoms with Crippen LogP contribution in [-0.4, -0.2) is 80.0 Å². The molecule has 1 unspecified atom stereocenters. The molecule has 2 rings (SSSR count). The van der Waals surface area contributed by atoms with Crippen molar-refractivity contribution in [1.29, 1.82) is 0 Å². The molecule has 1 fully saturated rings. The largest absolute Gasteiger partial charge is 0.493 e. The molecule has 0 aromatic heterocycles. The first-order valence-electron chi connectivity index (χ1n) is 10.4. The van der Waals surface area contributed by atoms with Gasteiger partial charge in [-0.15, -0.1) is 0 Å². The van der Waals surface area contributed by atoms with Crippen LogP contribution < -0.4 is 14.8 Å². The summed E-state index contributed by atoms with van der Waals surface area (Å²) in [6.07, 6.45) is -1.05. The Morgan fingerprint density at radius 2 is 1.44 bits per heavy atom. The third-order valence-corrected chi connectivity index (χ3v) is 5.19. The van der Waals surface area contributed by atoms with Gasteiger partial charge in [0.05, 0.1) is 25.5 Å². The zero-order chi connectivity index (χ0) is 24.0. The fourth-order valence-corrected chi connectivity index (χ4v) is 3.20. The molecule has 1 aliphatic heterocycles. The second-order valence-corrected chi connectivity index (χ2v) is 7.78. The van der Waals surface area contributed by atoms with Gasteiger partial charge < -0.3 is 29.3 Å². The van der Waals surface area contributed by atoms with E-state index in [1.54, 1.807) is 23.6 Å². The number of ether oxygens (including phenoxy) is 3. The van der Waals surface area contributed by atoms with Crippen molar-refractivity contribution in [2.75, 3.05) is 45.7 Å². The van der Waals surface area contributed by atoms with Crippen LogP contribution in [0, 0.1) is 5.92 Å². The van der Waals surface area contributed by atoms with Crippen molar-refractivity contribution in [3.05, 3.63) is 17.7 Å². The summed E-state index contributed by atoms with van der Waals surface area (Å²) in [6.45, 7) is 8.02. The summed E-state index contributed by atoms with van der Waals surface area (Å²) in [5, 5.41) is 2.69. The summed E-state index contributed by atoms with van der Waals surface area (Å²) in [6, 6.07) is 2.88. The molecule has 32 heavy (non-hydrogen) atoms. The van der Waals surface area contributed by atoms with Crippen LogP contribution in [-0.2, 0) is 19.1 Å². The van der Waals surface area contributed by atoms with Gasteiger partial charge in [-0.05, 0) is 6.92 Å². The summed E-state index contributed by atoms with van der Waals surface area (Å²) >= 11 is 0. The van der Waals surface area contributed by atoms with Crippen molar-refractivity contribution < 1.29 is 33.4 Å². The summed E-state index contributed by atoms with van der Waals surface area (Å²) < 4.78 is 15.9. The average molecular weight is 450 g/mol. The SMILES string of the molecule is COc1cc(NC(=O)C(C)C)c(C(=O)OC(C)C(=O)N2CCN(C(C)=O)CC2)cc1OC. The van der Waals surface area contributed by atoms with Crippen LogP contribution in [0.25, 0.3) is 0 Å². The van der Waals surface area contributed by atoms with Crippen molar-refractivity contribution in [3.8, 4) is 11.5 Å². The molecule has 0 saturated carbocycles.